The predicted molar refractivity (Wildman–Crippen MR) is 82.7 cm³/mol. The van der Waals surface area contributed by atoms with E-state index in [0.29, 0.717) is 17.1 Å². The average molecular weight is 298 g/mol. The Morgan fingerprint density at radius 3 is 2.62 bits per heavy atom. The molecule has 1 aliphatic heterocycles. The molecular weight excluding hydrogens is 284 g/mol. The summed E-state index contributed by atoms with van der Waals surface area (Å²) in [7, 11) is 1.38. The maximum atomic E-state index is 12.3. The van der Waals surface area contributed by atoms with Gasteiger partial charge in [-0.2, -0.15) is 0 Å². The van der Waals surface area contributed by atoms with E-state index < -0.39 is 0 Å². The maximum Gasteiger partial charge on any atom is 0.338 e. The molecule has 1 aromatic heterocycles. The molecule has 1 aromatic carbocycles. The monoisotopic (exact) mass is 298 g/mol. The van der Waals surface area contributed by atoms with Gasteiger partial charge >= 0.3 is 5.97 Å². The van der Waals surface area contributed by atoms with Gasteiger partial charge in [0, 0.05) is 10.4 Å². The first-order valence-electron chi connectivity index (χ1n) is 6.50. The maximum absolute atomic E-state index is 12.3. The van der Waals surface area contributed by atoms with E-state index in [0.717, 1.165) is 10.4 Å². The van der Waals surface area contributed by atoms with E-state index in [9.17, 15) is 4.79 Å². The minimum Gasteiger partial charge on any atom is -0.466 e. The molecular formula is C17H14O3S. The lowest BCUT2D eigenvalue weighted by Crippen LogP contribution is -2.11. The molecule has 21 heavy (non-hydrogen) atoms. The van der Waals surface area contributed by atoms with Crippen LogP contribution < -0.4 is 0 Å². The van der Waals surface area contributed by atoms with Gasteiger partial charge in [-0.3, -0.25) is 0 Å². The molecule has 0 fully saturated rings. The minimum absolute atomic E-state index is 0.271. The van der Waals surface area contributed by atoms with Crippen LogP contribution in [0.4, 0.5) is 0 Å². The van der Waals surface area contributed by atoms with E-state index in [1.807, 2.05) is 47.8 Å². The molecule has 2 heterocycles. The highest BCUT2D eigenvalue weighted by Gasteiger charge is 2.38. The fourth-order valence-corrected chi connectivity index (χ4v) is 3.27. The highest BCUT2D eigenvalue weighted by molar-refractivity contribution is 7.10. The van der Waals surface area contributed by atoms with E-state index in [1.54, 1.807) is 11.3 Å². The second-order valence-electron chi connectivity index (χ2n) is 4.62. The topological polar surface area (TPSA) is 35.5 Å². The summed E-state index contributed by atoms with van der Waals surface area (Å²) in [6, 6.07) is 13.5. The Hall–Kier alpha value is -2.33. The molecule has 106 valence electrons. The Morgan fingerprint density at radius 1 is 1.24 bits per heavy atom. The summed E-state index contributed by atoms with van der Waals surface area (Å²) in [5, 5.41) is 1.97. The van der Waals surface area contributed by atoms with Crippen molar-refractivity contribution in [1.82, 2.24) is 0 Å². The van der Waals surface area contributed by atoms with E-state index in [4.69, 9.17) is 9.47 Å². The number of allylic oxidation sites excluding steroid dienone is 1. The van der Waals surface area contributed by atoms with Crippen LogP contribution >= 0.6 is 11.3 Å². The van der Waals surface area contributed by atoms with Gasteiger partial charge in [0.15, 0.2) is 0 Å². The van der Waals surface area contributed by atoms with E-state index in [1.165, 1.54) is 7.11 Å². The molecule has 3 rings (SSSR count). The van der Waals surface area contributed by atoms with Crippen LogP contribution in [0, 0.1) is 0 Å². The van der Waals surface area contributed by atoms with Crippen LogP contribution in [0.3, 0.4) is 0 Å². The lowest BCUT2D eigenvalue weighted by Gasteiger charge is -2.10. The third kappa shape index (κ3) is 2.38. The standard InChI is InChI=1S/C17H14O3S/c1-11-14(13-9-6-10-21-13)15(17(18)19-2)16(20-11)12-7-4-3-5-8-12/h3-10,14H,1H2,2H3/t14-/m1/s1. The van der Waals surface area contributed by atoms with Crippen molar-refractivity contribution in [2.24, 2.45) is 0 Å². The van der Waals surface area contributed by atoms with Gasteiger partial charge in [0.2, 0.25) is 0 Å². The Bertz CT molecular complexity index is 699. The molecule has 1 aliphatic rings. The number of carbonyl (C=O) groups excluding carboxylic acids is 1. The lowest BCUT2D eigenvalue weighted by molar-refractivity contribution is -0.136. The summed E-state index contributed by atoms with van der Waals surface area (Å²) in [5.74, 6) is 0.432. The van der Waals surface area contributed by atoms with E-state index >= 15 is 0 Å². The van der Waals surface area contributed by atoms with Gasteiger partial charge in [0.25, 0.3) is 0 Å². The first-order chi connectivity index (χ1) is 10.2. The first kappa shape index (κ1) is 13.6. The highest BCUT2D eigenvalue weighted by atomic mass is 32.1. The Labute approximate surface area is 127 Å². The van der Waals surface area contributed by atoms with Gasteiger partial charge in [-0.05, 0) is 11.4 Å². The van der Waals surface area contributed by atoms with Gasteiger partial charge in [0.05, 0.1) is 18.6 Å². The number of carbonyl (C=O) groups is 1. The molecule has 0 spiro atoms. The quantitative estimate of drug-likeness (QED) is 0.805. The van der Waals surface area contributed by atoms with Crippen molar-refractivity contribution in [3.8, 4) is 0 Å². The summed E-state index contributed by atoms with van der Waals surface area (Å²) in [6.07, 6.45) is 0. The number of methoxy groups -OCH3 is 1. The zero-order valence-electron chi connectivity index (χ0n) is 11.5. The molecule has 2 aromatic rings. The molecule has 0 saturated heterocycles. The van der Waals surface area contributed by atoms with Crippen LogP contribution in [-0.4, -0.2) is 13.1 Å². The lowest BCUT2D eigenvalue weighted by atomic mass is 9.95. The van der Waals surface area contributed by atoms with E-state index in [-0.39, 0.29) is 11.9 Å². The normalized spacial score (nSPS) is 17.8. The van der Waals surface area contributed by atoms with E-state index in [2.05, 4.69) is 6.58 Å². The van der Waals surface area contributed by atoms with Gasteiger partial charge < -0.3 is 9.47 Å². The molecule has 4 heteroatoms. The van der Waals surface area contributed by atoms with Crippen molar-refractivity contribution in [3.63, 3.8) is 0 Å². The van der Waals surface area contributed by atoms with Crippen molar-refractivity contribution >= 4 is 23.1 Å². The molecule has 0 N–H and O–H groups in total. The molecule has 0 aliphatic carbocycles. The second-order valence-corrected chi connectivity index (χ2v) is 5.60. The minimum atomic E-state index is -0.383. The second kappa shape index (κ2) is 5.58. The number of hydrogen-bond acceptors (Lipinski definition) is 4. The van der Waals surface area contributed by atoms with Crippen molar-refractivity contribution in [1.29, 1.82) is 0 Å². The Morgan fingerprint density at radius 2 is 2.00 bits per heavy atom. The Kier molecular flexibility index (Phi) is 3.62. The fraction of sp³-hybridized carbons (Fsp3) is 0.118. The predicted octanol–water partition coefficient (Wildman–Crippen LogP) is 3.96. The highest BCUT2D eigenvalue weighted by Crippen LogP contribution is 2.46. The zero-order chi connectivity index (χ0) is 14.8. The van der Waals surface area contributed by atoms with Gasteiger partial charge in [-0.25, -0.2) is 4.79 Å². The number of thiophene rings is 1. The smallest absolute Gasteiger partial charge is 0.338 e. The van der Waals surface area contributed by atoms with Crippen molar-refractivity contribution in [2.75, 3.05) is 7.11 Å². The molecule has 3 nitrogen and oxygen atoms in total. The van der Waals surface area contributed by atoms with Crippen LogP contribution in [0.2, 0.25) is 0 Å². The van der Waals surface area contributed by atoms with Crippen LogP contribution in [0.25, 0.3) is 5.76 Å². The van der Waals surface area contributed by atoms with Gasteiger partial charge in [0.1, 0.15) is 11.5 Å². The molecule has 0 radical (unpaired) electrons. The SMILES string of the molecule is C=C1OC(c2ccccc2)=C(C(=O)OC)[C@H]1c1cccs1. The van der Waals surface area contributed by atoms with Crippen LogP contribution in [-0.2, 0) is 14.3 Å². The van der Waals surface area contributed by atoms with Crippen LogP contribution in [0.15, 0.2) is 65.8 Å². The Balaban J connectivity index is 2.15. The van der Waals surface area contributed by atoms with Crippen molar-refractivity contribution in [2.45, 2.75) is 5.92 Å². The zero-order valence-corrected chi connectivity index (χ0v) is 12.4. The van der Waals surface area contributed by atoms with Crippen LogP contribution in [0.5, 0.6) is 0 Å². The first-order valence-corrected chi connectivity index (χ1v) is 7.38. The van der Waals surface area contributed by atoms with Crippen molar-refractivity contribution in [3.05, 3.63) is 76.2 Å². The third-order valence-electron chi connectivity index (χ3n) is 3.36. The summed E-state index contributed by atoms with van der Waals surface area (Å²) in [5.41, 5.74) is 1.36. The molecule has 0 saturated carbocycles. The van der Waals surface area contributed by atoms with Crippen molar-refractivity contribution < 1.29 is 14.3 Å². The summed E-state index contributed by atoms with van der Waals surface area (Å²) in [6.45, 7) is 3.97. The number of ether oxygens (including phenoxy) is 2. The molecule has 1 atom stereocenters. The number of esters is 1. The third-order valence-corrected chi connectivity index (χ3v) is 4.29. The van der Waals surface area contributed by atoms with Crippen LogP contribution in [0.1, 0.15) is 16.4 Å². The summed E-state index contributed by atoms with van der Waals surface area (Å²) < 4.78 is 10.8. The summed E-state index contributed by atoms with van der Waals surface area (Å²) in [4.78, 5) is 13.3. The molecule has 0 unspecified atom stereocenters. The number of hydrogen-bond donors (Lipinski definition) is 0. The number of benzene rings is 1. The molecule has 0 amide bonds. The van der Waals surface area contributed by atoms with Gasteiger partial charge in [-0.15, -0.1) is 11.3 Å². The van der Waals surface area contributed by atoms with Gasteiger partial charge in [-0.1, -0.05) is 43.0 Å². The summed E-state index contributed by atoms with van der Waals surface area (Å²) >= 11 is 1.57. The number of rotatable bonds is 3. The largest absolute Gasteiger partial charge is 0.466 e. The molecule has 0 bridgehead atoms. The average Bonchev–Trinajstić information content (AvgIpc) is 3.14. The fourth-order valence-electron chi connectivity index (χ4n) is 2.42.